The summed E-state index contributed by atoms with van der Waals surface area (Å²) in [5.74, 6) is 0.818. The van der Waals surface area contributed by atoms with Gasteiger partial charge >= 0.3 is 0 Å². The third-order valence-corrected chi connectivity index (χ3v) is 6.32. The molecule has 0 amide bonds. The van der Waals surface area contributed by atoms with E-state index in [-0.39, 0.29) is 6.04 Å². The number of rotatable bonds is 4. The van der Waals surface area contributed by atoms with Gasteiger partial charge in [0.15, 0.2) is 0 Å². The second-order valence-electron chi connectivity index (χ2n) is 5.56. The maximum absolute atomic E-state index is 12.9. The van der Waals surface area contributed by atoms with Crippen LogP contribution in [0.4, 0.5) is 0 Å². The molecule has 5 nitrogen and oxygen atoms in total. The SMILES string of the molecule is CCN(C1CCNCC1)S(=O)(=O)c1ccc2c(c1)CCO2. The molecule has 1 saturated heterocycles. The summed E-state index contributed by atoms with van der Waals surface area (Å²) in [4.78, 5) is 0.395. The lowest BCUT2D eigenvalue weighted by Crippen LogP contribution is -2.45. The van der Waals surface area contributed by atoms with Crippen LogP contribution < -0.4 is 10.1 Å². The average molecular weight is 310 g/mol. The summed E-state index contributed by atoms with van der Waals surface area (Å²) in [7, 11) is -3.42. The van der Waals surface area contributed by atoms with Gasteiger partial charge in [0.2, 0.25) is 10.0 Å². The Morgan fingerprint density at radius 3 is 2.81 bits per heavy atom. The summed E-state index contributed by atoms with van der Waals surface area (Å²) in [5.41, 5.74) is 0.998. The number of nitrogens with zero attached hydrogens (tertiary/aromatic N) is 1. The molecule has 1 aromatic carbocycles. The second kappa shape index (κ2) is 5.94. The third-order valence-electron chi connectivity index (χ3n) is 4.30. The van der Waals surface area contributed by atoms with E-state index in [1.807, 2.05) is 6.92 Å². The predicted octanol–water partition coefficient (Wildman–Crippen LogP) is 1.38. The Bertz CT molecular complexity index is 609. The lowest BCUT2D eigenvalue weighted by Gasteiger charge is -2.33. The number of hydrogen-bond acceptors (Lipinski definition) is 4. The predicted molar refractivity (Wildman–Crippen MR) is 81.1 cm³/mol. The molecule has 0 bridgehead atoms. The van der Waals surface area contributed by atoms with Gasteiger partial charge in [-0.3, -0.25) is 0 Å². The van der Waals surface area contributed by atoms with Gasteiger partial charge in [-0.25, -0.2) is 8.42 Å². The topological polar surface area (TPSA) is 58.6 Å². The number of benzene rings is 1. The first-order valence-electron chi connectivity index (χ1n) is 7.61. The van der Waals surface area contributed by atoms with Gasteiger partial charge in [0, 0.05) is 19.0 Å². The molecule has 0 radical (unpaired) electrons. The molecule has 1 fully saturated rings. The highest BCUT2D eigenvalue weighted by Crippen LogP contribution is 2.30. The first-order chi connectivity index (χ1) is 10.1. The van der Waals surface area contributed by atoms with Crippen LogP contribution in [0, 0.1) is 0 Å². The summed E-state index contributed by atoms with van der Waals surface area (Å²) in [5, 5.41) is 3.28. The summed E-state index contributed by atoms with van der Waals surface area (Å²) >= 11 is 0. The van der Waals surface area contributed by atoms with Crippen LogP contribution in [0.2, 0.25) is 0 Å². The summed E-state index contributed by atoms with van der Waals surface area (Å²) < 4.78 is 33.0. The van der Waals surface area contributed by atoms with Crippen LogP contribution in [-0.2, 0) is 16.4 Å². The molecule has 0 saturated carbocycles. The van der Waals surface area contributed by atoms with E-state index in [1.54, 1.807) is 22.5 Å². The van der Waals surface area contributed by atoms with Crippen molar-refractivity contribution in [2.24, 2.45) is 0 Å². The van der Waals surface area contributed by atoms with Crippen molar-refractivity contribution in [2.45, 2.75) is 37.1 Å². The fraction of sp³-hybridized carbons (Fsp3) is 0.600. The highest BCUT2D eigenvalue weighted by molar-refractivity contribution is 7.89. The van der Waals surface area contributed by atoms with Crippen LogP contribution in [0.3, 0.4) is 0 Å². The van der Waals surface area contributed by atoms with E-state index >= 15 is 0 Å². The van der Waals surface area contributed by atoms with Crippen molar-refractivity contribution in [3.05, 3.63) is 23.8 Å². The first-order valence-corrected chi connectivity index (χ1v) is 9.05. The lowest BCUT2D eigenvalue weighted by atomic mass is 10.1. The zero-order valence-corrected chi connectivity index (χ0v) is 13.2. The van der Waals surface area contributed by atoms with Gasteiger partial charge in [-0.2, -0.15) is 4.31 Å². The fourth-order valence-electron chi connectivity index (χ4n) is 3.18. The van der Waals surface area contributed by atoms with Crippen LogP contribution in [0.25, 0.3) is 0 Å². The van der Waals surface area contributed by atoms with Gasteiger partial charge in [0.25, 0.3) is 0 Å². The Hall–Kier alpha value is -1.11. The van der Waals surface area contributed by atoms with Gasteiger partial charge in [-0.15, -0.1) is 0 Å². The summed E-state index contributed by atoms with van der Waals surface area (Å²) in [6.45, 7) is 4.84. The molecular weight excluding hydrogens is 288 g/mol. The maximum Gasteiger partial charge on any atom is 0.243 e. The Morgan fingerprint density at radius 2 is 2.10 bits per heavy atom. The molecule has 2 heterocycles. The van der Waals surface area contributed by atoms with E-state index in [0.29, 0.717) is 18.0 Å². The zero-order valence-electron chi connectivity index (χ0n) is 12.3. The monoisotopic (exact) mass is 310 g/mol. The number of ether oxygens (including phenoxy) is 1. The minimum absolute atomic E-state index is 0.103. The van der Waals surface area contributed by atoms with Crippen molar-refractivity contribution in [3.63, 3.8) is 0 Å². The van der Waals surface area contributed by atoms with E-state index in [2.05, 4.69) is 5.32 Å². The molecule has 2 aliphatic heterocycles. The Morgan fingerprint density at radius 1 is 1.33 bits per heavy atom. The molecule has 6 heteroatoms. The summed E-state index contributed by atoms with van der Waals surface area (Å²) in [6, 6.07) is 5.33. The first kappa shape index (κ1) is 14.8. The highest BCUT2D eigenvalue weighted by atomic mass is 32.2. The number of hydrogen-bond donors (Lipinski definition) is 1. The van der Waals surface area contributed by atoms with Crippen molar-refractivity contribution in [3.8, 4) is 5.75 Å². The molecule has 0 unspecified atom stereocenters. The Balaban J connectivity index is 1.90. The number of piperidine rings is 1. The van der Waals surface area contributed by atoms with Gasteiger partial charge in [0.1, 0.15) is 5.75 Å². The van der Waals surface area contributed by atoms with Gasteiger partial charge in [0.05, 0.1) is 11.5 Å². The highest BCUT2D eigenvalue weighted by Gasteiger charge is 2.31. The standard InChI is InChI=1S/C15H22N2O3S/c1-2-17(13-5-8-16-9-6-13)21(18,19)14-3-4-15-12(11-14)7-10-20-15/h3-4,11,13,16H,2,5-10H2,1H3. The quantitative estimate of drug-likeness (QED) is 0.913. The molecule has 0 atom stereocenters. The van der Waals surface area contributed by atoms with Crippen molar-refractivity contribution >= 4 is 10.0 Å². The van der Waals surface area contributed by atoms with Crippen LogP contribution in [0.1, 0.15) is 25.3 Å². The molecule has 3 rings (SSSR count). The minimum Gasteiger partial charge on any atom is -0.493 e. The Kier molecular flexibility index (Phi) is 4.19. The van der Waals surface area contributed by atoms with Crippen molar-refractivity contribution in [2.75, 3.05) is 26.2 Å². The lowest BCUT2D eigenvalue weighted by molar-refractivity contribution is 0.270. The molecule has 116 valence electrons. The van der Waals surface area contributed by atoms with Crippen molar-refractivity contribution < 1.29 is 13.2 Å². The number of fused-ring (bicyclic) bond motifs is 1. The minimum atomic E-state index is -3.42. The molecule has 1 aromatic rings. The molecule has 0 aromatic heterocycles. The van der Waals surface area contributed by atoms with E-state index < -0.39 is 10.0 Å². The molecule has 0 aliphatic carbocycles. The number of nitrogens with one attached hydrogen (secondary N) is 1. The van der Waals surface area contributed by atoms with Crippen LogP contribution in [-0.4, -0.2) is 45.0 Å². The van der Waals surface area contributed by atoms with E-state index in [4.69, 9.17) is 4.74 Å². The van der Waals surface area contributed by atoms with E-state index in [1.165, 1.54) is 0 Å². The van der Waals surface area contributed by atoms with E-state index in [9.17, 15) is 8.42 Å². The zero-order chi connectivity index (χ0) is 14.9. The maximum atomic E-state index is 12.9. The molecule has 1 N–H and O–H groups in total. The Labute approximate surface area is 126 Å². The van der Waals surface area contributed by atoms with Crippen molar-refractivity contribution in [1.29, 1.82) is 0 Å². The third kappa shape index (κ3) is 2.80. The average Bonchev–Trinajstić information content (AvgIpc) is 2.96. The normalized spacial score (nSPS) is 19.5. The smallest absolute Gasteiger partial charge is 0.243 e. The van der Waals surface area contributed by atoms with Crippen LogP contribution >= 0.6 is 0 Å². The van der Waals surface area contributed by atoms with Gasteiger partial charge in [-0.05, 0) is 49.7 Å². The molecule has 0 spiro atoms. The van der Waals surface area contributed by atoms with Crippen LogP contribution in [0.5, 0.6) is 5.75 Å². The number of sulfonamides is 1. The fourth-order valence-corrected chi connectivity index (χ4v) is 4.92. The molecule has 2 aliphatic rings. The largest absolute Gasteiger partial charge is 0.493 e. The molecular formula is C15H22N2O3S. The van der Waals surface area contributed by atoms with Crippen LogP contribution in [0.15, 0.2) is 23.1 Å². The van der Waals surface area contributed by atoms with Gasteiger partial charge < -0.3 is 10.1 Å². The van der Waals surface area contributed by atoms with E-state index in [0.717, 1.165) is 43.7 Å². The molecule has 21 heavy (non-hydrogen) atoms. The van der Waals surface area contributed by atoms with Crippen molar-refractivity contribution in [1.82, 2.24) is 9.62 Å². The second-order valence-corrected chi connectivity index (χ2v) is 7.45. The van der Waals surface area contributed by atoms with Gasteiger partial charge in [-0.1, -0.05) is 6.92 Å². The summed E-state index contributed by atoms with van der Waals surface area (Å²) in [6.07, 6.45) is 2.54.